The Morgan fingerprint density at radius 1 is 0.970 bits per heavy atom. The molecule has 0 unspecified atom stereocenters. The lowest BCUT2D eigenvalue weighted by Gasteiger charge is -2.31. The smallest absolute Gasteiger partial charge is 0.322 e. The topological polar surface area (TPSA) is 52.7 Å². The molecule has 2 aromatic carbocycles. The molecule has 1 N–H and O–H groups in total. The van der Waals surface area contributed by atoms with Crippen LogP contribution in [-0.2, 0) is 17.9 Å². The van der Waals surface area contributed by atoms with Crippen molar-refractivity contribution in [3.8, 4) is 0 Å². The lowest BCUT2D eigenvalue weighted by atomic mass is 10.2. The molecule has 3 aromatic rings. The zero-order chi connectivity index (χ0) is 23.8. The minimum Gasteiger partial charge on any atom is -0.332 e. The second-order valence-corrected chi connectivity index (χ2v) is 9.57. The molecule has 1 atom stereocenters. The molecule has 0 radical (unpaired) electrons. The highest BCUT2D eigenvalue weighted by Crippen LogP contribution is 2.30. The van der Waals surface area contributed by atoms with Gasteiger partial charge in [-0.25, -0.2) is 4.79 Å². The van der Waals surface area contributed by atoms with E-state index < -0.39 is 6.03 Å². The maximum absolute atomic E-state index is 13.5. The fraction of sp³-hybridized carbons (Fsp3) is 0.280. The summed E-state index contributed by atoms with van der Waals surface area (Å²) in [5.74, 6) is -0.132. The van der Waals surface area contributed by atoms with Crippen LogP contribution in [0.3, 0.4) is 0 Å². The van der Waals surface area contributed by atoms with Gasteiger partial charge in [-0.1, -0.05) is 72.6 Å². The Morgan fingerprint density at radius 3 is 2.27 bits per heavy atom. The highest BCUT2D eigenvalue weighted by Gasteiger charge is 2.26. The third kappa shape index (κ3) is 6.97. The maximum Gasteiger partial charge on any atom is 0.322 e. The minimum atomic E-state index is -0.413. The van der Waals surface area contributed by atoms with E-state index in [0.29, 0.717) is 35.2 Å². The summed E-state index contributed by atoms with van der Waals surface area (Å²) in [4.78, 5) is 31.0. The first-order chi connectivity index (χ1) is 15.9. The number of nitrogens with zero attached hydrogens (tertiary/aromatic N) is 2. The molecule has 0 saturated carbocycles. The number of halogens is 2. The molecule has 174 valence electrons. The molecule has 0 aliphatic carbocycles. The normalized spacial score (nSPS) is 11.6. The van der Waals surface area contributed by atoms with Crippen LogP contribution < -0.4 is 5.32 Å². The predicted octanol–water partition coefficient (Wildman–Crippen LogP) is 6.92. The van der Waals surface area contributed by atoms with Crippen molar-refractivity contribution in [2.45, 2.75) is 39.4 Å². The molecular formula is C25H27Cl2N3O2S. The Bertz CT molecular complexity index is 1040. The van der Waals surface area contributed by atoms with Crippen molar-refractivity contribution >= 4 is 52.2 Å². The van der Waals surface area contributed by atoms with Crippen molar-refractivity contribution in [2.75, 3.05) is 11.9 Å². The zero-order valence-corrected chi connectivity index (χ0v) is 21.0. The number of para-hydroxylation sites is 1. The first-order valence-corrected chi connectivity index (χ1v) is 12.4. The number of hydrogen-bond acceptors (Lipinski definition) is 3. The van der Waals surface area contributed by atoms with Crippen molar-refractivity contribution in [2.24, 2.45) is 0 Å². The number of benzene rings is 2. The third-order valence-corrected chi connectivity index (χ3v) is 6.87. The molecule has 33 heavy (non-hydrogen) atoms. The molecule has 3 rings (SSSR count). The van der Waals surface area contributed by atoms with Gasteiger partial charge in [-0.3, -0.25) is 4.79 Å². The predicted molar refractivity (Wildman–Crippen MR) is 137 cm³/mol. The number of amides is 3. The van der Waals surface area contributed by atoms with Gasteiger partial charge in [-0.15, -0.1) is 11.3 Å². The molecule has 0 aliphatic heterocycles. The summed E-state index contributed by atoms with van der Waals surface area (Å²) in [7, 11) is 0. The van der Waals surface area contributed by atoms with Crippen LogP contribution in [0.1, 0.15) is 30.7 Å². The molecule has 0 saturated heterocycles. The molecule has 3 amide bonds. The Morgan fingerprint density at radius 2 is 1.67 bits per heavy atom. The first kappa shape index (κ1) is 25.1. The van der Waals surface area contributed by atoms with Gasteiger partial charge in [0.25, 0.3) is 0 Å². The van der Waals surface area contributed by atoms with Gasteiger partial charge in [0.15, 0.2) is 0 Å². The standard InChI is InChI=1S/C25H27Cl2N3O2S/c1-3-18(2)30(25(32)28-24-21(26)12-7-13-22(24)27)17-23(31)29(16-20-11-8-14-33-20)15-19-9-5-4-6-10-19/h4-14,18H,3,15-17H2,1-2H3,(H,28,32)/t18-/m0/s1. The van der Waals surface area contributed by atoms with E-state index >= 15 is 0 Å². The monoisotopic (exact) mass is 503 g/mol. The van der Waals surface area contributed by atoms with Crippen molar-refractivity contribution in [1.82, 2.24) is 9.80 Å². The number of hydrogen-bond donors (Lipinski definition) is 1. The minimum absolute atomic E-state index is 0.0544. The summed E-state index contributed by atoms with van der Waals surface area (Å²) in [6.45, 7) is 4.79. The van der Waals surface area contributed by atoms with E-state index in [4.69, 9.17) is 23.2 Å². The van der Waals surface area contributed by atoms with Crippen molar-refractivity contribution in [3.63, 3.8) is 0 Å². The number of rotatable bonds is 9. The lowest BCUT2D eigenvalue weighted by molar-refractivity contribution is -0.133. The highest BCUT2D eigenvalue weighted by molar-refractivity contribution is 7.09. The van der Waals surface area contributed by atoms with E-state index in [1.807, 2.05) is 61.7 Å². The zero-order valence-electron chi connectivity index (χ0n) is 18.6. The quantitative estimate of drug-likeness (QED) is 0.344. The van der Waals surface area contributed by atoms with Crippen LogP contribution in [0.25, 0.3) is 0 Å². The molecule has 0 spiro atoms. The molecule has 0 bridgehead atoms. The van der Waals surface area contributed by atoms with Gasteiger partial charge in [-0.05, 0) is 42.5 Å². The van der Waals surface area contributed by atoms with Crippen LogP contribution in [-0.4, -0.2) is 34.3 Å². The molecule has 1 aromatic heterocycles. The molecule has 0 fully saturated rings. The van der Waals surface area contributed by atoms with Gasteiger partial charge in [0.2, 0.25) is 5.91 Å². The molecule has 5 nitrogen and oxygen atoms in total. The SMILES string of the molecule is CC[C@H](C)N(CC(=O)N(Cc1ccccc1)Cc1cccs1)C(=O)Nc1c(Cl)cccc1Cl. The van der Waals surface area contributed by atoms with E-state index in [1.54, 1.807) is 34.4 Å². The average Bonchev–Trinajstić information content (AvgIpc) is 3.32. The Hall–Kier alpha value is -2.54. The van der Waals surface area contributed by atoms with Gasteiger partial charge >= 0.3 is 6.03 Å². The average molecular weight is 504 g/mol. The summed E-state index contributed by atoms with van der Waals surface area (Å²) in [5, 5.41) is 5.47. The van der Waals surface area contributed by atoms with Crippen LogP contribution in [0.4, 0.5) is 10.5 Å². The van der Waals surface area contributed by atoms with E-state index in [1.165, 1.54) is 4.90 Å². The molecule has 1 heterocycles. The first-order valence-electron chi connectivity index (χ1n) is 10.7. The fourth-order valence-electron chi connectivity index (χ4n) is 3.32. The van der Waals surface area contributed by atoms with E-state index in [9.17, 15) is 9.59 Å². The van der Waals surface area contributed by atoms with Crippen molar-refractivity contribution in [3.05, 3.63) is 86.5 Å². The summed E-state index contributed by atoms with van der Waals surface area (Å²) < 4.78 is 0. The van der Waals surface area contributed by atoms with Crippen LogP contribution >= 0.6 is 34.5 Å². The van der Waals surface area contributed by atoms with Gasteiger partial charge in [0.05, 0.1) is 22.3 Å². The number of carbonyl (C=O) groups is 2. The summed E-state index contributed by atoms with van der Waals surface area (Å²) in [6, 6.07) is 18.3. The summed E-state index contributed by atoms with van der Waals surface area (Å²) >= 11 is 14.1. The summed E-state index contributed by atoms with van der Waals surface area (Å²) in [5.41, 5.74) is 1.37. The number of urea groups is 1. The molecule has 0 aliphatic rings. The van der Waals surface area contributed by atoms with Crippen LogP contribution in [0.5, 0.6) is 0 Å². The Balaban J connectivity index is 1.80. The van der Waals surface area contributed by atoms with E-state index in [-0.39, 0.29) is 18.5 Å². The van der Waals surface area contributed by atoms with Crippen LogP contribution in [0, 0.1) is 0 Å². The van der Waals surface area contributed by atoms with Crippen LogP contribution in [0.2, 0.25) is 10.0 Å². The van der Waals surface area contributed by atoms with E-state index in [0.717, 1.165) is 10.4 Å². The highest BCUT2D eigenvalue weighted by atomic mass is 35.5. The maximum atomic E-state index is 13.5. The Kier molecular flexibility index (Phi) is 9.18. The number of anilines is 1. The number of nitrogens with one attached hydrogen (secondary N) is 1. The summed E-state index contributed by atoms with van der Waals surface area (Å²) in [6.07, 6.45) is 0.695. The number of thiophene rings is 1. The van der Waals surface area contributed by atoms with Gasteiger partial charge in [-0.2, -0.15) is 0 Å². The molecule has 8 heteroatoms. The largest absolute Gasteiger partial charge is 0.332 e. The number of carbonyl (C=O) groups excluding carboxylic acids is 2. The second-order valence-electron chi connectivity index (χ2n) is 7.73. The van der Waals surface area contributed by atoms with Gasteiger partial charge in [0.1, 0.15) is 6.54 Å². The molecular weight excluding hydrogens is 477 g/mol. The lowest BCUT2D eigenvalue weighted by Crippen LogP contribution is -2.47. The fourth-order valence-corrected chi connectivity index (χ4v) is 4.53. The van der Waals surface area contributed by atoms with Gasteiger partial charge in [0, 0.05) is 17.5 Å². The van der Waals surface area contributed by atoms with Crippen molar-refractivity contribution in [1.29, 1.82) is 0 Å². The van der Waals surface area contributed by atoms with Gasteiger partial charge < -0.3 is 15.1 Å². The third-order valence-electron chi connectivity index (χ3n) is 5.38. The Labute approximate surface area is 208 Å². The van der Waals surface area contributed by atoms with Crippen molar-refractivity contribution < 1.29 is 9.59 Å². The van der Waals surface area contributed by atoms with Crippen LogP contribution in [0.15, 0.2) is 66.0 Å². The van der Waals surface area contributed by atoms with E-state index in [2.05, 4.69) is 5.32 Å². The second kappa shape index (κ2) is 12.1.